The Kier molecular flexibility index (Phi) is 4.00. The highest BCUT2D eigenvalue weighted by molar-refractivity contribution is 7.98. The molecule has 0 aliphatic heterocycles. The fourth-order valence-corrected chi connectivity index (χ4v) is 3.52. The second-order valence-electron chi connectivity index (χ2n) is 4.63. The van der Waals surface area contributed by atoms with Gasteiger partial charge in [0, 0.05) is 0 Å². The zero-order chi connectivity index (χ0) is 15.7. The molecule has 1 aromatic carbocycles. The van der Waals surface area contributed by atoms with Gasteiger partial charge in [0.15, 0.2) is 5.16 Å². The maximum absolute atomic E-state index is 12.6. The van der Waals surface area contributed by atoms with Gasteiger partial charge in [0.05, 0.1) is 17.5 Å². The molecule has 112 valence electrons. The highest BCUT2D eigenvalue weighted by atomic mass is 32.2. The molecule has 2 heterocycles. The number of fused-ring (bicyclic) bond motifs is 1. The molecular weight excluding hydrogens is 320 g/mol. The number of thioether (sulfide) groups is 1. The highest BCUT2D eigenvalue weighted by Gasteiger charge is 2.12. The fraction of sp³-hybridized carbons (Fsp3) is 0.133. The van der Waals surface area contributed by atoms with Crippen LogP contribution in [0.4, 0.5) is 0 Å². The second kappa shape index (κ2) is 5.94. The summed E-state index contributed by atoms with van der Waals surface area (Å²) in [6.45, 7) is 0.369. The molecule has 0 spiro atoms. The van der Waals surface area contributed by atoms with Crippen LogP contribution in [0.3, 0.4) is 0 Å². The number of carboxylic acids is 1. The molecule has 0 saturated carbocycles. The monoisotopic (exact) mass is 332 g/mol. The minimum atomic E-state index is -0.963. The van der Waals surface area contributed by atoms with Gasteiger partial charge in [-0.3, -0.25) is 9.36 Å². The van der Waals surface area contributed by atoms with Crippen LogP contribution < -0.4 is 5.56 Å². The van der Waals surface area contributed by atoms with Crippen molar-refractivity contribution in [1.29, 1.82) is 0 Å². The molecule has 0 saturated heterocycles. The quantitative estimate of drug-likeness (QED) is 0.587. The molecular formula is C15H12N2O3S2. The van der Waals surface area contributed by atoms with Crippen LogP contribution in [0.25, 0.3) is 10.2 Å². The summed E-state index contributed by atoms with van der Waals surface area (Å²) < 4.78 is 1.62. The van der Waals surface area contributed by atoms with Gasteiger partial charge in [0.1, 0.15) is 4.83 Å². The zero-order valence-corrected chi connectivity index (χ0v) is 13.3. The summed E-state index contributed by atoms with van der Waals surface area (Å²) in [5, 5.41) is 12.0. The summed E-state index contributed by atoms with van der Waals surface area (Å²) in [7, 11) is 0. The van der Waals surface area contributed by atoms with E-state index in [1.807, 2.05) is 11.6 Å². The molecule has 0 radical (unpaired) electrons. The van der Waals surface area contributed by atoms with E-state index >= 15 is 0 Å². The molecule has 7 heteroatoms. The molecule has 22 heavy (non-hydrogen) atoms. The van der Waals surface area contributed by atoms with Gasteiger partial charge in [-0.25, -0.2) is 9.78 Å². The maximum Gasteiger partial charge on any atom is 0.335 e. The Hall–Kier alpha value is -2.12. The van der Waals surface area contributed by atoms with Gasteiger partial charge in [0.2, 0.25) is 0 Å². The standard InChI is InChI=1S/C15H12N2O3S2/c1-21-15-16-12-11(6-7-22-12)13(18)17(15)8-9-2-4-10(5-3-9)14(19)20/h2-7H,8H2,1H3,(H,19,20). The van der Waals surface area contributed by atoms with Crippen LogP contribution in [0.15, 0.2) is 45.7 Å². The van der Waals surface area contributed by atoms with E-state index in [2.05, 4.69) is 4.98 Å². The third-order valence-electron chi connectivity index (χ3n) is 3.27. The molecule has 0 aliphatic rings. The Labute approximate surface area is 134 Å². The molecule has 5 nitrogen and oxygen atoms in total. The lowest BCUT2D eigenvalue weighted by Crippen LogP contribution is -2.23. The SMILES string of the molecule is CSc1nc2sccc2c(=O)n1Cc1ccc(C(=O)O)cc1. The number of carboxylic acid groups (broad SMARTS) is 1. The fourth-order valence-electron chi connectivity index (χ4n) is 2.16. The van der Waals surface area contributed by atoms with Gasteiger partial charge in [0.25, 0.3) is 5.56 Å². The lowest BCUT2D eigenvalue weighted by molar-refractivity contribution is 0.0697. The molecule has 3 aromatic rings. The van der Waals surface area contributed by atoms with Crippen molar-refractivity contribution in [3.05, 3.63) is 57.2 Å². The molecule has 2 aromatic heterocycles. The van der Waals surface area contributed by atoms with Crippen LogP contribution in [0.2, 0.25) is 0 Å². The van der Waals surface area contributed by atoms with Crippen molar-refractivity contribution in [3.63, 3.8) is 0 Å². The topological polar surface area (TPSA) is 72.2 Å². The molecule has 0 aliphatic carbocycles. The first-order valence-electron chi connectivity index (χ1n) is 6.44. The number of nitrogens with zero attached hydrogens (tertiary/aromatic N) is 2. The molecule has 0 bridgehead atoms. The highest BCUT2D eigenvalue weighted by Crippen LogP contribution is 2.20. The van der Waals surface area contributed by atoms with E-state index in [0.717, 1.165) is 10.4 Å². The number of rotatable bonds is 4. The van der Waals surface area contributed by atoms with Gasteiger partial charge >= 0.3 is 5.97 Å². The zero-order valence-electron chi connectivity index (χ0n) is 11.6. The van der Waals surface area contributed by atoms with Crippen LogP contribution in [0, 0.1) is 0 Å². The van der Waals surface area contributed by atoms with Crippen molar-refractivity contribution >= 4 is 39.3 Å². The van der Waals surface area contributed by atoms with Gasteiger partial charge in [-0.1, -0.05) is 23.9 Å². The number of thiophene rings is 1. The smallest absolute Gasteiger partial charge is 0.335 e. The predicted octanol–water partition coefficient (Wildman–Crippen LogP) is 2.93. The Bertz CT molecular complexity index is 897. The summed E-state index contributed by atoms with van der Waals surface area (Å²) in [5.41, 5.74) is 1.02. The molecule has 0 unspecified atom stereocenters. The second-order valence-corrected chi connectivity index (χ2v) is 6.30. The van der Waals surface area contributed by atoms with Crippen molar-refractivity contribution in [2.24, 2.45) is 0 Å². The molecule has 1 N–H and O–H groups in total. The summed E-state index contributed by atoms with van der Waals surface area (Å²) in [4.78, 5) is 28.7. The van der Waals surface area contributed by atoms with Gasteiger partial charge in [-0.2, -0.15) is 0 Å². The van der Waals surface area contributed by atoms with E-state index in [4.69, 9.17) is 5.11 Å². The summed E-state index contributed by atoms with van der Waals surface area (Å²) in [5.74, 6) is -0.963. The van der Waals surface area contributed by atoms with Gasteiger partial charge < -0.3 is 5.11 Å². The third-order valence-corrected chi connectivity index (χ3v) is 4.76. The lowest BCUT2D eigenvalue weighted by Gasteiger charge is -2.10. The first-order valence-corrected chi connectivity index (χ1v) is 8.55. The van der Waals surface area contributed by atoms with Crippen LogP contribution in [-0.4, -0.2) is 26.9 Å². The van der Waals surface area contributed by atoms with Crippen LogP contribution in [-0.2, 0) is 6.54 Å². The normalized spacial score (nSPS) is 11.0. The van der Waals surface area contributed by atoms with E-state index in [1.165, 1.54) is 35.2 Å². The van der Waals surface area contributed by atoms with Crippen molar-refractivity contribution in [3.8, 4) is 0 Å². The van der Waals surface area contributed by atoms with Crippen LogP contribution in [0.1, 0.15) is 15.9 Å². The minimum absolute atomic E-state index is 0.0714. The molecule has 3 rings (SSSR count). The van der Waals surface area contributed by atoms with Crippen molar-refractivity contribution < 1.29 is 9.90 Å². The average Bonchev–Trinajstić information content (AvgIpc) is 2.99. The predicted molar refractivity (Wildman–Crippen MR) is 88.2 cm³/mol. The Morgan fingerprint density at radius 3 is 2.68 bits per heavy atom. The maximum atomic E-state index is 12.6. The number of hydrogen-bond acceptors (Lipinski definition) is 5. The number of benzene rings is 1. The Balaban J connectivity index is 2.04. The van der Waals surface area contributed by atoms with E-state index in [0.29, 0.717) is 17.1 Å². The summed E-state index contributed by atoms with van der Waals surface area (Å²) in [6.07, 6.45) is 1.88. The first-order chi connectivity index (χ1) is 10.6. The van der Waals surface area contributed by atoms with Gasteiger partial charge in [-0.05, 0) is 35.4 Å². The van der Waals surface area contributed by atoms with Crippen LogP contribution >= 0.6 is 23.1 Å². The Morgan fingerprint density at radius 2 is 2.05 bits per heavy atom. The third kappa shape index (κ3) is 2.65. The van der Waals surface area contributed by atoms with Crippen LogP contribution in [0.5, 0.6) is 0 Å². The molecule has 0 atom stereocenters. The Morgan fingerprint density at radius 1 is 1.32 bits per heavy atom. The van der Waals surface area contributed by atoms with Gasteiger partial charge in [-0.15, -0.1) is 11.3 Å². The number of carbonyl (C=O) groups is 1. The van der Waals surface area contributed by atoms with Crippen molar-refractivity contribution in [2.45, 2.75) is 11.7 Å². The van der Waals surface area contributed by atoms with E-state index < -0.39 is 5.97 Å². The average molecular weight is 332 g/mol. The van der Waals surface area contributed by atoms with Crippen molar-refractivity contribution in [2.75, 3.05) is 6.26 Å². The van der Waals surface area contributed by atoms with E-state index in [1.54, 1.807) is 22.8 Å². The van der Waals surface area contributed by atoms with Crippen molar-refractivity contribution in [1.82, 2.24) is 9.55 Å². The molecule has 0 amide bonds. The lowest BCUT2D eigenvalue weighted by atomic mass is 10.1. The number of aromatic carboxylic acids is 1. The van der Waals surface area contributed by atoms with E-state index in [9.17, 15) is 9.59 Å². The number of aromatic nitrogens is 2. The molecule has 0 fully saturated rings. The number of hydrogen-bond donors (Lipinski definition) is 1. The van der Waals surface area contributed by atoms with E-state index in [-0.39, 0.29) is 11.1 Å². The summed E-state index contributed by atoms with van der Waals surface area (Å²) in [6, 6.07) is 8.30. The minimum Gasteiger partial charge on any atom is -0.478 e. The largest absolute Gasteiger partial charge is 0.478 e. The first kappa shape index (κ1) is 14.8. The summed E-state index contributed by atoms with van der Waals surface area (Å²) >= 11 is 2.87.